The predicted octanol–water partition coefficient (Wildman–Crippen LogP) is 3.57. The molecule has 1 saturated heterocycles. The second kappa shape index (κ2) is 8.06. The Labute approximate surface area is 177 Å². The topological polar surface area (TPSA) is 119 Å². The second-order valence-corrected chi connectivity index (χ2v) is 9.42. The van der Waals surface area contributed by atoms with E-state index in [1.807, 2.05) is 4.90 Å². The van der Waals surface area contributed by atoms with Crippen molar-refractivity contribution in [3.05, 3.63) is 64.3 Å². The van der Waals surface area contributed by atoms with Crippen molar-refractivity contribution in [1.29, 1.82) is 0 Å². The van der Waals surface area contributed by atoms with Crippen LogP contribution in [0.4, 0.5) is 15.8 Å². The highest BCUT2D eigenvalue weighted by molar-refractivity contribution is 7.90. The van der Waals surface area contributed by atoms with Crippen LogP contribution < -0.4 is 4.90 Å². The number of rotatable bonds is 5. The predicted molar refractivity (Wildman–Crippen MR) is 110 cm³/mol. The lowest BCUT2D eigenvalue weighted by atomic mass is 9.97. The summed E-state index contributed by atoms with van der Waals surface area (Å²) in [5.41, 5.74) is 0.632. The van der Waals surface area contributed by atoms with Gasteiger partial charge in [0.1, 0.15) is 10.7 Å². The van der Waals surface area contributed by atoms with Gasteiger partial charge in [0.25, 0.3) is 5.69 Å². The number of hydrogen-bond donors (Lipinski definition) is 0. The number of nitro benzene ring substituents is 1. The van der Waals surface area contributed by atoms with E-state index in [2.05, 4.69) is 10.1 Å². The molecule has 2 heterocycles. The molecule has 0 amide bonds. The van der Waals surface area contributed by atoms with Gasteiger partial charge in [-0.3, -0.25) is 10.1 Å². The summed E-state index contributed by atoms with van der Waals surface area (Å²) in [7, 11) is -3.78. The highest BCUT2D eigenvalue weighted by Gasteiger charge is 2.29. The molecule has 1 aliphatic heterocycles. The van der Waals surface area contributed by atoms with Crippen molar-refractivity contribution in [2.45, 2.75) is 23.7 Å². The number of aromatic nitrogens is 2. The number of benzene rings is 2. The van der Waals surface area contributed by atoms with Gasteiger partial charge in [0.05, 0.1) is 10.8 Å². The first-order valence-corrected chi connectivity index (χ1v) is 11.4. The van der Waals surface area contributed by atoms with Crippen molar-refractivity contribution in [3.63, 3.8) is 0 Å². The summed E-state index contributed by atoms with van der Waals surface area (Å²) < 4.78 is 43.0. The van der Waals surface area contributed by atoms with E-state index in [0.29, 0.717) is 36.1 Å². The number of nitrogens with zero attached hydrogens (tertiary/aromatic N) is 4. The molecule has 11 heteroatoms. The third-order valence-electron chi connectivity index (χ3n) is 5.20. The molecule has 0 N–H and O–H groups in total. The molecule has 2 aromatic carbocycles. The number of halogens is 1. The lowest BCUT2D eigenvalue weighted by Crippen LogP contribution is -2.34. The van der Waals surface area contributed by atoms with Gasteiger partial charge in [0.2, 0.25) is 11.7 Å². The molecular weight excluding hydrogens is 427 g/mol. The summed E-state index contributed by atoms with van der Waals surface area (Å²) >= 11 is 0. The van der Waals surface area contributed by atoms with Gasteiger partial charge in [-0.2, -0.15) is 4.98 Å². The molecule has 3 aromatic rings. The number of sulfone groups is 1. The molecular formula is C20H19FN4O5S. The van der Waals surface area contributed by atoms with Crippen LogP contribution in [0.15, 0.2) is 51.9 Å². The SMILES string of the molecule is CS(=O)(=O)c1cc(N2CCCC(c3nc(-c4cccc(F)c4)no3)C2)ccc1[N+](=O)[O-]. The highest BCUT2D eigenvalue weighted by Crippen LogP contribution is 2.34. The molecule has 162 valence electrons. The molecule has 1 atom stereocenters. The Hall–Kier alpha value is -3.34. The maximum atomic E-state index is 13.5. The molecule has 4 rings (SSSR count). The minimum absolute atomic E-state index is 0.111. The van der Waals surface area contributed by atoms with Crippen LogP contribution in [0.25, 0.3) is 11.4 Å². The first kappa shape index (κ1) is 20.9. The Kier molecular flexibility index (Phi) is 5.44. The molecule has 1 aromatic heterocycles. The Morgan fingerprint density at radius 2 is 2.06 bits per heavy atom. The van der Waals surface area contributed by atoms with Gasteiger partial charge in [-0.1, -0.05) is 17.3 Å². The number of hydrogen-bond acceptors (Lipinski definition) is 8. The van der Waals surface area contributed by atoms with E-state index >= 15 is 0 Å². The zero-order chi connectivity index (χ0) is 22.2. The van der Waals surface area contributed by atoms with Crippen LogP contribution in [-0.2, 0) is 9.84 Å². The first-order chi connectivity index (χ1) is 14.7. The first-order valence-electron chi connectivity index (χ1n) is 9.55. The summed E-state index contributed by atoms with van der Waals surface area (Å²) in [5.74, 6) is 0.198. The molecule has 0 saturated carbocycles. The lowest BCUT2D eigenvalue weighted by Gasteiger charge is -2.33. The van der Waals surface area contributed by atoms with Crippen LogP contribution >= 0.6 is 0 Å². The average molecular weight is 446 g/mol. The number of piperidine rings is 1. The Balaban J connectivity index is 1.59. The fourth-order valence-electron chi connectivity index (χ4n) is 3.71. The molecule has 1 unspecified atom stereocenters. The van der Waals surface area contributed by atoms with Gasteiger partial charge in [-0.25, -0.2) is 12.8 Å². The van der Waals surface area contributed by atoms with E-state index < -0.39 is 26.3 Å². The van der Waals surface area contributed by atoms with Crippen molar-refractivity contribution in [2.75, 3.05) is 24.2 Å². The molecule has 0 radical (unpaired) electrons. The minimum atomic E-state index is -3.78. The largest absolute Gasteiger partial charge is 0.371 e. The third-order valence-corrected chi connectivity index (χ3v) is 6.33. The molecule has 0 aliphatic carbocycles. The van der Waals surface area contributed by atoms with Crippen molar-refractivity contribution >= 4 is 21.2 Å². The fraction of sp³-hybridized carbons (Fsp3) is 0.300. The Morgan fingerprint density at radius 1 is 1.26 bits per heavy atom. The number of anilines is 1. The van der Waals surface area contributed by atoms with E-state index in [-0.39, 0.29) is 10.8 Å². The summed E-state index contributed by atoms with van der Waals surface area (Å²) in [5, 5.41) is 15.2. The zero-order valence-electron chi connectivity index (χ0n) is 16.6. The summed E-state index contributed by atoms with van der Waals surface area (Å²) in [6, 6.07) is 10.0. The summed E-state index contributed by atoms with van der Waals surface area (Å²) in [6.45, 7) is 1.13. The maximum Gasteiger partial charge on any atom is 0.288 e. The van der Waals surface area contributed by atoms with Gasteiger partial charge < -0.3 is 9.42 Å². The molecule has 1 aliphatic rings. The van der Waals surface area contributed by atoms with E-state index in [0.717, 1.165) is 19.1 Å². The monoisotopic (exact) mass is 446 g/mol. The zero-order valence-corrected chi connectivity index (χ0v) is 17.4. The van der Waals surface area contributed by atoms with Gasteiger partial charge in [-0.15, -0.1) is 0 Å². The highest BCUT2D eigenvalue weighted by atomic mass is 32.2. The quantitative estimate of drug-likeness (QED) is 0.431. The second-order valence-electron chi connectivity index (χ2n) is 7.43. The van der Waals surface area contributed by atoms with Gasteiger partial charge in [-0.05, 0) is 37.1 Å². The van der Waals surface area contributed by atoms with Gasteiger partial charge in [0, 0.05) is 36.7 Å². The van der Waals surface area contributed by atoms with Crippen LogP contribution in [0.3, 0.4) is 0 Å². The van der Waals surface area contributed by atoms with Crippen LogP contribution in [-0.4, -0.2) is 42.8 Å². The van der Waals surface area contributed by atoms with Crippen molar-refractivity contribution in [3.8, 4) is 11.4 Å². The Morgan fingerprint density at radius 3 is 2.77 bits per heavy atom. The number of nitro groups is 1. The summed E-state index contributed by atoms with van der Waals surface area (Å²) in [6.07, 6.45) is 2.52. The normalized spacial score (nSPS) is 17.0. The fourth-order valence-corrected chi connectivity index (χ4v) is 4.56. The summed E-state index contributed by atoms with van der Waals surface area (Å²) in [4.78, 5) is 16.5. The van der Waals surface area contributed by atoms with Crippen molar-refractivity contribution < 1.29 is 22.3 Å². The van der Waals surface area contributed by atoms with E-state index in [1.165, 1.54) is 24.3 Å². The van der Waals surface area contributed by atoms with Crippen molar-refractivity contribution in [2.24, 2.45) is 0 Å². The van der Waals surface area contributed by atoms with Gasteiger partial charge >= 0.3 is 0 Å². The third kappa shape index (κ3) is 4.41. The maximum absolute atomic E-state index is 13.5. The van der Waals surface area contributed by atoms with Crippen LogP contribution in [0.1, 0.15) is 24.7 Å². The van der Waals surface area contributed by atoms with E-state index in [9.17, 15) is 22.9 Å². The van der Waals surface area contributed by atoms with E-state index in [4.69, 9.17) is 4.52 Å². The standard InChI is InChI=1S/C20H19FN4O5S/c1-31(28,29)18-11-16(7-8-17(18)25(26)27)24-9-3-5-14(12-24)20-22-19(23-30-20)13-4-2-6-15(21)10-13/h2,4,6-8,10-11,14H,3,5,9,12H2,1H3. The molecule has 31 heavy (non-hydrogen) atoms. The van der Waals surface area contributed by atoms with Gasteiger partial charge in [0.15, 0.2) is 9.84 Å². The van der Waals surface area contributed by atoms with E-state index in [1.54, 1.807) is 18.2 Å². The average Bonchev–Trinajstić information content (AvgIpc) is 3.23. The minimum Gasteiger partial charge on any atom is -0.371 e. The molecule has 9 nitrogen and oxygen atoms in total. The molecule has 1 fully saturated rings. The van der Waals surface area contributed by atoms with Crippen LogP contribution in [0.5, 0.6) is 0 Å². The van der Waals surface area contributed by atoms with Crippen LogP contribution in [0.2, 0.25) is 0 Å². The van der Waals surface area contributed by atoms with Crippen LogP contribution in [0, 0.1) is 15.9 Å². The van der Waals surface area contributed by atoms with Crippen molar-refractivity contribution in [1.82, 2.24) is 10.1 Å². The molecule has 0 bridgehead atoms. The smallest absolute Gasteiger partial charge is 0.288 e. The lowest BCUT2D eigenvalue weighted by molar-refractivity contribution is -0.387. The molecule has 0 spiro atoms. The Bertz CT molecular complexity index is 1240.